The molecule has 1 nitrogen and oxygen atoms in total. The van der Waals surface area contributed by atoms with Crippen molar-refractivity contribution in [2.75, 3.05) is 0 Å². The summed E-state index contributed by atoms with van der Waals surface area (Å²) in [7, 11) is 0. The lowest BCUT2D eigenvalue weighted by Crippen LogP contribution is -2.39. The molecule has 1 atom stereocenters. The smallest absolute Gasteiger partial charge is 0.0688 e. The minimum absolute atomic E-state index is 0.304. The summed E-state index contributed by atoms with van der Waals surface area (Å²) in [6.45, 7) is 4.54. The molecule has 1 N–H and O–H groups in total. The van der Waals surface area contributed by atoms with E-state index in [0.29, 0.717) is 12.1 Å². The second-order valence-electron chi connectivity index (χ2n) is 4.63. The van der Waals surface area contributed by atoms with Gasteiger partial charge in [-0.3, -0.25) is 0 Å². The summed E-state index contributed by atoms with van der Waals surface area (Å²) >= 11 is 0. The Morgan fingerprint density at radius 3 is 2.50 bits per heavy atom. The zero-order valence-electron chi connectivity index (χ0n) is 9.55. The van der Waals surface area contributed by atoms with E-state index in [1.807, 2.05) is 0 Å². The van der Waals surface area contributed by atoms with Gasteiger partial charge in [0, 0.05) is 6.04 Å². The maximum atomic E-state index is 5.49. The van der Waals surface area contributed by atoms with E-state index in [0.717, 1.165) is 12.3 Å². The number of hydrogen-bond acceptors (Lipinski definition) is 1. The first-order chi connectivity index (χ1) is 6.76. The van der Waals surface area contributed by atoms with Crippen molar-refractivity contribution < 1.29 is 0 Å². The van der Waals surface area contributed by atoms with Crippen LogP contribution >= 0.6 is 0 Å². The summed E-state index contributed by atoms with van der Waals surface area (Å²) in [5.74, 6) is 3.77. The monoisotopic (exact) mass is 193 g/mol. The van der Waals surface area contributed by atoms with Crippen LogP contribution in [0.15, 0.2) is 0 Å². The SMILES string of the molecule is C#CC(CCC)NC1CCC(C)CC1. The van der Waals surface area contributed by atoms with Crippen LogP contribution in [0, 0.1) is 18.3 Å². The molecule has 0 heterocycles. The van der Waals surface area contributed by atoms with E-state index in [-0.39, 0.29) is 0 Å². The van der Waals surface area contributed by atoms with Gasteiger partial charge in [0.05, 0.1) is 6.04 Å². The summed E-state index contributed by atoms with van der Waals surface area (Å²) in [5, 5.41) is 3.59. The van der Waals surface area contributed by atoms with Crippen LogP contribution in [-0.4, -0.2) is 12.1 Å². The highest BCUT2D eigenvalue weighted by molar-refractivity contribution is 4.99. The summed E-state index contributed by atoms with van der Waals surface area (Å²) in [5.41, 5.74) is 0. The molecule has 0 aromatic carbocycles. The Morgan fingerprint density at radius 2 is 2.00 bits per heavy atom. The first-order valence-electron chi connectivity index (χ1n) is 5.98. The zero-order valence-corrected chi connectivity index (χ0v) is 9.55. The third-order valence-electron chi connectivity index (χ3n) is 3.23. The van der Waals surface area contributed by atoms with Crippen LogP contribution in [0.1, 0.15) is 52.4 Å². The Bertz CT molecular complexity index is 184. The maximum absolute atomic E-state index is 5.49. The summed E-state index contributed by atoms with van der Waals surface area (Å²) in [6.07, 6.45) is 13.1. The Labute approximate surface area is 88.7 Å². The molecule has 0 spiro atoms. The van der Waals surface area contributed by atoms with Gasteiger partial charge in [-0.05, 0) is 38.0 Å². The van der Waals surface area contributed by atoms with Crippen LogP contribution in [0.25, 0.3) is 0 Å². The molecule has 0 aliphatic heterocycles. The summed E-state index contributed by atoms with van der Waals surface area (Å²) in [4.78, 5) is 0. The van der Waals surface area contributed by atoms with Gasteiger partial charge < -0.3 is 5.32 Å². The maximum Gasteiger partial charge on any atom is 0.0688 e. The van der Waals surface area contributed by atoms with Gasteiger partial charge in [-0.25, -0.2) is 0 Å². The van der Waals surface area contributed by atoms with Crippen molar-refractivity contribution in [2.45, 2.75) is 64.5 Å². The minimum Gasteiger partial charge on any atom is -0.301 e. The van der Waals surface area contributed by atoms with Gasteiger partial charge in [-0.15, -0.1) is 6.42 Å². The van der Waals surface area contributed by atoms with Gasteiger partial charge in [-0.1, -0.05) is 26.2 Å². The molecule has 1 saturated carbocycles. The largest absolute Gasteiger partial charge is 0.301 e. The molecule has 1 fully saturated rings. The molecule has 1 aliphatic carbocycles. The molecule has 1 rings (SSSR count). The molecule has 0 bridgehead atoms. The van der Waals surface area contributed by atoms with Crippen LogP contribution in [0.2, 0.25) is 0 Å². The van der Waals surface area contributed by atoms with E-state index in [2.05, 4.69) is 25.1 Å². The van der Waals surface area contributed by atoms with Gasteiger partial charge >= 0.3 is 0 Å². The van der Waals surface area contributed by atoms with E-state index in [4.69, 9.17) is 6.42 Å². The highest BCUT2D eigenvalue weighted by atomic mass is 14.9. The number of rotatable bonds is 4. The van der Waals surface area contributed by atoms with E-state index in [1.54, 1.807) is 0 Å². The minimum atomic E-state index is 0.304. The van der Waals surface area contributed by atoms with Gasteiger partial charge in [0.2, 0.25) is 0 Å². The average molecular weight is 193 g/mol. The van der Waals surface area contributed by atoms with Gasteiger partial charge in [-0.2, -0.15) is 0 Å². The Balaban J connectivity index is 2.26. The van der Waals surface area contributed by atoms with Crippen molar-refractivity contribution in [2.24, 2.45) is 5.92 Å². The van der Waals surface area contributed by atoms with Crippen molar-refractivity contribution in [3.8, 4) is 12.3 Å². The number of nitrogens with one attached hydrogen (secondary N) is 1. The van der Waals surface area contributed by atoms with E-state index in [1.165, 1.54) is 32.1 Å². The fraction of sp³-hybridized carbons (Fsp3) is 0.846. The quantitative estimate of drug-likeness (QED) is 0.677. The molecule has 80 valence electrons. The molecule has 0 aromatic rings. The Hall–Kier alpha value is -0.480. The predicted octanol–water partition coefficient (Wildman–Crippen LogP) is 2.96. The van der Waals surface area contributed by atoms with Gasteiger partial charge in [0.1, 0.15) is 0 Å². The zero-order chi connectivity index (χ0) is 10.4. The van der Waals surface area contributed by atoms with Crippen molar-refractivity contribution in [1.29, 1.82) is 0 Å². The first-order valence-corrected chi connectivity index (χ1v) is 5.98. The van der Waals surface area contributed by atoms with Crippen LogP contribution in [0.3, 0.4) is 0 Å². The summed E-state index contributed by atoms with van der Waals surface area (Å²) in [6, 6.07) is 0.984. The van der Waals surface area contributed by atoms with Gasteiger partial charge in [0.25, 0.3) is 0 Å². The first kappa shape index (κ1) is 11.6. The molecule has 14 heavy (non-hydrogen) atoms. The molecule has 1 aliphatic rings. The van der Waals surface area contributed by atoms with Crippen molar-refractivity contribution in [1.82, 2.24) is 5.32 Å². The van der Waals surface area contributed by atoms with Crippen LogP contribution in [0.5, 0.6) is 0 Å². The predicted molar refractivity (Wildman–Crippen MR) is 62.1 cm³/mol. The van der Waals surface area contributed by atoms with E-state index in [9.17, 15) is 0 Å². The molecular formula is C13H23N. The molecule has 0 radical (unpaired) electrons. The molecule has 0 aromatic heterocycles. The lowest BCUT2D eigenvalue weighted by molar-refractivity contribution is 0.295. The number of terminal acetylenes is 1. The third-order valence-corrected chi connectivity index (χ3v) is 3.23. The fourth-order valence-electron chi connectivity index (χ4n) is 2.21. The third kappa shape index (κ3) is 3.72. The normalized spacial score (nSPS) is 29.5. The van der Waals surface area contributed by atoms with Gasteiger partial charge in [0.15, 0.2) is 0 Å². The highest BCUT2D eigenvalue weighted by Gasteiger charge is 2.19. The lowest BCUT2D eigenvalue weighted by atomic mass is 9.87. The molecule has 1 heteroatoms. The number of hydrogen-bond donors (Lipinski definition) is 1. The fourth-order valence-corrected chi connectivity index (χ4v) is 2.21. The van der Waals surface area contributed by atoms with Crippen molar-refractivity contribution in [3.05, 3.63) is 0 Å². The molecule has 0 saturated heterocycles. The highest BCUT2D eigenvalue weighted by Crippen LogP contribution is 2.23. The Kier molecular flexibility index (Phi) is 5.04. The molecule has 1 unspecified atom stereocenters. The van der Waals surface area contributed by atoms with Crippen molar-refractivity contribution in [3.63, 3.8) is 0 Å². The Morgan fingerprint density at radius 1 is 1.36 bits per heavy atom. The average Bonchev–Trinajstić information content (AvgIpc) is 2.20. The second kappa shape index (κ2) is 6.09. The lowest BCUT2D eigenvalue weighted by Gasteiger charge is -2.29. The molecular weight excluding hydrogens is 170 g/mol. The van der Waals surface area contributed by atoms with Crippen molar-refractivity contribution >= 4 is 0 Å². The second-order valence-corrected chi connectivity index (χ2v) is 4.63. The standard InChI is InChI=1S/C13H23N/c1-4-6-12(5-2)14-13-9-7-11(3)8-10-13/h2,11-14H,4,6-10H2,1,3H3. The molecule has 0 amide bonds. The van der Waals surface area contributed by atoms with E-state index >= 15 is 0 Å². The topological polar surface area (TPSA) is 12.0 Å². The van der Waals surface area contributed by atoms with Crippen LogP contribution in [0.4, 0.5) is 0 Å². The van der Waals surface area contributed by atoms with Crippen LogP contribution in [-0.2, 0) is 0 Å². The van der Waals surface area contributed by atoms with Crippen LogP contribution < -0.4 is 5.32 Å². The summed E-state index contributed by atoms with van der Waals surface area (Å²) < 4.78 is 0. The van der Waals surface area contributed by atoms with E-state index < -0.39 is 0 Å².